The van der Waals surface area contributed by atoms with Crippen LogP contribution in [0.5, 0.6) is 5.75 Å². The zero-order chi connectivity index (χ0) is 19.1. The summed E-state index contributed by atoms with van der Waals surface area (Å²) in [5.41, 5.74) is 1.38. The standard InChI is InChI=1S/C20H20N4O4/c1-26-16-5-3-2-4-13(16)8-18-21-19(28-23-18)14-10-24(11-14)20(25)15-9-17(27-22-15)12-6-7-12/h2-5,9,12,14H,6-8,10-11H2,1H3. The van der Waals surface area contributed by atoms with Crippen molar-refractivity contribution in [3.63, 3.8) is 0 Å². The first-order valence-electron chi connectivity index (χ1n) is 9.41. The molecule has 1 aliphatic carbocycles. The number of hydrogen-bond acceptors (Lipinski definition) is 7. The maximum atomic E-state index is 12.5. The van der Waals surface area contributed by atoms with E-state index in [0.29, 0.717) is 42.8 Å². The summed E-state index contributed by atoms with van der Waals surface area (Å²) in [4.78, 5) is 18.7. The van der Waals surface area contributed by atoms with Gasteiger partial charge < -0.3 is 18.7 Å². The van der Waals surface area contributed by atoms with Gasteiger partial charge in [-0.05, 0) is 18.9 Å². The summed E-state index contributed by atoms with van der Waals surface area (Å²) in [6, 6.07) is 9.53. The second kappa shape index (κ2) is 6.78. The highest BCUT2D eigenvalue weighted by atomic mass is 16.5. The van der Waals surface area contributed by atoms with Crippen LogP contribution in [0.2, 0.25) is 0 Å². The molecule has 0 unspecified atom stereocenters. The summed E-state index contributed by atoms with van der Waals surface area (Å²) in [6.07, 6.45) is 2.76. The Morgan fingerprint density at radius 1 is 1.18 bits per heavy atom. The molecule has 0 atom stereocenters. The lowest BCUT2D eigenvalue weighted by molar-refractivity contribution is 0.0558. The summed E-state index contributed by atoms with van der Waals surface area (Å²) in [5, 5.41) is 7.99. The van der Waals surface area contributed by atoms with Gasteiger partial charge in [-0.1, -0.05) is 28.5 Å². The van der Waals surface area contributed by atoms with Crippen molar-refractivity contribution < 1.29 is 18.6 Å². The SMILES string of the molecule is COc1ccccc1Cc1noc(C2CN(C(=O)c3cc(C4CC4)on3)C2)n1. The Morgan fingerprint density at radius 2 is 2.00 bits per heavy atom. The van der Waals surface area contributed by atoms with Crippen LogP contribution in [0.4, 0.5) is 0 Å². The Labute approximate surface area is 161 Å². The summed E-state index contributed by atoms with van der Waals surface area (Å²) < 4.78 is 16.1. The maximum Gasteiger partial charge on any atom is 0.276 e. The fourth-order valence-electron chi connectivity index (χ4n) is 3.44. The smallest absolute Gasteiger partial charge is 0.276 e. The number of methoxy groups -OCH3 is 1. The van der Waals surface area contributed by atoms with Crippen LogP contribution in [0.25, 0.3) is 0 Å². The molecule has 144 valence electrons. The molecule has 0 spiro atoms. The van der Waals surface area contributed by atoms with Gasteiger partial charge in [0.1, 0.15) is 11.5 Å². The maximum absolute atomic E-state index is 12.5. The van der Waals surface area contributed by atoms with Crippen LogP contribution in [-0.2, 0) is 6.42 Å². The second-order valence-electron chi connectivity index (χ2n) is 7.33. The van der Waals surface area contributed by atoms with E-state index in [0.717, 1.165) is 29.9 Å². The lowest BCUT2D eigenvalue weighted by atomic mass is 9.99. The highest BCUT2D eigenvalue weighted by Gasteiger charge is 2.38. The molecule has 0 N–H and O–H groups in total. The van der Waals surface area contributed by atoms with Gasteiger partial charge in [-0.25, -0.2) is 0 Å². The summed E-state index contributed by atoms with van der Waals surface area (Å²) in [6.45, 7) is 1.08. The Morgan fingerprint density at radius 3 is 2.79 bits per heavy atom. The fourth-order valence-corrected chi connectivity index (χ4v) is 3.44. The Hall–Kier alpha value is -3.16. The number of amides is 1. The average Bonchev–Trinajstić information content (AvgIpc) is 3.22. The molecular formula is C20H20N4O4. The monoisotopic (exact) mass is 380 g/mol. The lowest BCUT2D eigenvalue weighted by Gasteiger charge is -2.36. The van der Waals surface area contributed by atoms with E-state index in [1.807, 2.05) is 24.3 Å². The van der Waals surface area contributed by atoms with Crippen molar-refractivity contribution in [2.75, 3.05) is 20.2 Å². The molecule has 8 nitrogen and oxygen atoms in total. The number of hydrogen-bond donors (Lipinski definition) is 0. The molecular weight excluding hydrogens is 360 g/mol. The molecule has 1 amide bonds. The Balaban J connectivity index is 1.20. The molecule has 0 bridgehead atoms. The lowest BCUT2D eigenvalue weighted by Crippen LogP contribution is -2.48. The molecule has 2 aliphatic rings. The quantitative estimate of drug-likeness (QED) is 0.649. The third kappa shape index (κ3) is 3.15. The van der Waals surface area contributed by atoms with Crippen LogP contribution in [0, 0.1) is 0 Å². The molecule has 3 aromatic rings. The number of likely N-dealkylation sites (tertiary alicyclic amines) is 1. The number of carbonyl (C=O) groups is 1. The minimum absolute atomic E-state index is 0.0534. The predicted octanol–water partition coefficient (Wildman–Crippen LogP) is 2.77. The molecule has 1 saturated carbocycles. The van der Waals surface area contributed by atoms with E-state index in [2.05, 4.69) is 15.3 Å². The van der Waals surface area contributed by atoms with Gasteiger partial charge >= 0.3 is 0 Å². The number of aromatic nitrogens is 3. The third-order valence-electron chi connectivity index (χ3n) is 5.27. The molecule has 2 fully saturated rings. The van der Waals surface area contributed by atoms with E-state index in [-0.39, 0.29) is 11.8 Å². The van der Waals surface area contributed by atoms with E-state index in [1.165, 1.54) is 0 Å². The van der Waals surface area contributed by atoms with E-state index in [4.69, 9.17) is 13.8 Å². The van der Waals surface area contributed by atoms with Crippen LogP contribution in [0.1, 0.15) is 58.2 Å². The zero-order valence-corrected chi connectivity index (χ0v) is 15.5. The first-order chi connectivity index (χ1) is 13.7. The number of ether oxygens (including phenoxy) is 1. The fraction of sp³-hybridized carbons (Fsp3) is 0.400. The molecule has 28 heavy (non-hydrogen) atoms. The van der Waals surface area contributed by atoms with Gasteiger partial charge in [0.15, 0.2) is 11.5 Å². The molecule has 1 saturated heterocycles. The van der Waals surface area contributed by atoms with Crippen molar-refractivity contribution in [3.05, 3.63) is 59.1 Å². The van der Waals surface area contributed by atoms with Crippen LogP contribution in [-0.4, -0.2) is 46.3 Å². The van der Waals surface area contributed by atoms with Gasteiger partial charge in [0.2, 0.25) is 5.89 Å². The molecule has 2 aromatic heterocycles. The normalized spacial score (nSPS) is 16.8. The van der Waals surface area contributed by atoms with Crippen LogP contribution >= 0.6 is 0 Å². The highest BCUT2D eigenvalue weighted by molar-refractivity contribution is 5.93. The molecule has 1 aromatic carbocycles. The molecule has 3 heterocycles. The largest absolute Gasteiger partial charge is 0.496 e. The van der Waals surface area contributed by atoms with E-state index >= 15 is 0 Å². The van der Waals surface area contributed by atoms with Crippen molar-refractivity contribution in [2.45, 2.75) is 31.1 Å². The summed E-state index contributed by atoms with van der Waals surface area (Å²) in [5.74, 6) is 3.17. The summed E-state index contributed by atoms with van der Waals surface area (Å²) >= 11 is 0. The zero-order valence-electron chi connectivity index (χ0n) is 15.5. The average molecular weight is 380 g/mol. The number of nitrogens with zero attached hydrogens (tertiary/aromatic N) is 4. The van der Waals surface area contributed by atoms with Crippen molar-refractivity contribution in [3.8, 4) is 5.75 Å². The summed E-state index contributed by atoms with van der Waals surface area (Å²) in [7, 11) is 1.64. The first kappa shape index (κ1) is 17.0. The van der Waals surface area contributed by atoms with Crippen molar-refractivity contribution >= 4 is 5.91 Å². The highest BCUT2D eigenvalue weighted by Crippen LogP contribution is 2.40. The molecule has 0 radical (unpaired) electrons. The van der Waals surface area contributed by atoms with Crippen molar-refractivity contribution in [1.29, 1.82) is 0 Å². The van der Waals surface area contributed by atoms with Gasteiger partial charge in [0.25, 0.3) is 5.91 Å². The van der Waals surface area contributed by atoms with Crippen LogP contribution in [0.15, 0.2) is 39.4 Å². The third-order valence-corrected chi connectivity index (χ3v) is 5.27. The minimum Gasteiger partial charge on any atom is -0.496 e. The minimum atomic E-state index is -0.110. The molecule has 1 aliphatic heterocycles. The van der Waals surface area contributed by atoms with E-state index < -0.39 is 0 Å². The number of para-hydroxylation sites is 1. The first-order valence-corrected chi connectivity index (χ1v) is 9.41. The predicted molar refractivity (Wildman–Crippen MR) is 97.2 cm³/mol. The van der Waals surface area contributed by atoms with Gasteiger partial charge in [0, 0.05) is 37.1 Å². The topological polar surface area (TPSA) is 94.5 Å². The number of rotatable bonds is 6. The molecule has 8 heteroatoms. The van der Waals surface area contributed by atoms with Gasteiger partial charge in [-0.2, -0.15) is 4.98 Å². The van der Waals surface area contributed by atoms with Crippen LogP contribution in [0.3, 0.4) is 0 Å². The second-order valence-corrected chi connectivity index (χ2v) is 7.33. The van der Waals surface area contributed by atoms with Crippen molar-refractivity contribution in [1.82, 2.24) is 20.2 Å². The number of benzene rings is 1. The van der Waals surface area contributed by atoms with Crippen LogP contribution < -0.4 is 4.74 Å². The van der Waals surface area contributed by atoms with E-state index in [9.17, 15) is 4.79 Å². The van der Waals surface area contributed by atoms with Gasteiger partial charge in [-0.15, -0.1) is 0 Å². The Bertz CT molecular complexity index is 1000. The van der Waals surface area contributed by atoms with Gasteiger partial charge in [0.05, 0.1) is 13.0 Å². The Kier molecular flexibility index (Phi) is 4.11. The molecule has 5 rings (SSSR count). The number of carbonyl (C=O) groups excluding carboxylic acids is 1. The van der Waals surface area contributed by atoms with E-state index in [1.54, 1.807) is 18.1 Å². The van der Waals surface area contributed by atoms with Crippen molar-refractivity contribution in [2.24, 2.45) is 0 Å². The van der Waals surface area contributed by atoms with Gasteiger partial charge in [-0.3, -0.25) is 4.79 Å².